The first-order valence-corrected chi connectivity index (χ1v) is 11.2. The number of amides is 1. The standard InChI is InChI=1S/C23H19ClN6OS/c1-14-21(15(2)29(28-14)13-16-6-3-4-7-18(16)24)27-23(31)17-12-26-30-19(9-10-25-22(17)30)20-8-5-11-32-20/h3-12H,13H2,1-2H3,(H,27,31). The quantitative estimate of drug-likeness (QED) is 0.388. The zero-order valence-electron chi connectivity index (χ0n) is 17.4. The largest absolute Gasteiger partial charge is 0.319 e. The van der Waals surface area contributed by atoms with Crippen LogP contribution in [0.4, 0.5) is 5.69 Å². The molecule has 160 valence electrons. The van der Waals surface area contributed by atoms with Crippen molar-refractivity contribution in [1.29, 1.82) is 0 Å². The van der Waals surface area contributed by atoms with E-state index in [4.69, 9.17) is 11.6 Å². The van der Waals surface area contributed by atoms with E-state index in [0.29, 0.717) is 28.5 Å². The molecule has 4 aromatic heterocycles. The van der Waals surface area contributed by atoms with Crippen LogP contribution in [0.25, 0.3) is 16.2 Å². The molecule has 1 aromatic carbocycles. The Labute approximate surface area is 193 Å². The number of hydrogen-bond donors (Lipinski definition) is 1. The Morgan fingerprint density at radius 3 is 2.78 bits per heavy atom. The molecule has 0 saturated carbocycles. The van der Waals surface area contributed by atoms with E-state index in [1.54, 1.807) is 28.2 Å². The van der Waals surface area contributed by atoms with Crippen molar-refractivity contribution in [2.24, 2.45) is 0 Å². The third kappa shape index (κ3) is 3.57. The van der Waals surface area contributed by atoms with Gasteiger partial charge in [-0.25, -0.2) is 9.50 Å². The van der Waals surface area contributed by atoms with Crippen molar-refractivity contribution in [3.8, 4) is 10.6 Å². The van der Waals surface area contributed by atoms with E-state index in [1.165, 1.54) is 0 Å². The van der Waals surface area contributed by atoms with E-state index in [2.05, 4.69) is 20.5 Å². The third-order valence-electron chi connectivity index (χ3n) is 5.32. The number of rotatable bonds is 5. The Kier molecular flexibility index (Phi) is 5.24. The molecule has 0 fully saturated rings. The van der Waals surface area contributed by atoms with E-state index in [9.17, 15) is 4.79 Å². The minimum Gasteiger partial charge on any atom is -0.319 e. The second-order valence-corrected chi connectivity index (χ2v) is 8.70. The van der Waals surface area contributed by atoms with Gasteiger partial charge in [-0.2, -0.15) is 10.2 Å². The van der Waals surface area contributed by atoms with Crippen LogP contribution in [0, 0.1) is 13.8 Å². The topological polar surface area (TPSA) is 77.1 Å². The lowest BCUT2D eigenvalue weighted by Crippen LogP contribution is -2.13. The molecule has 5 aromatic rings. The van der Waals surface area contributed by atoms with Gasteiger partial charge in [0.05, 0.1) is 40.4 Å². The normalized spacial score (nSPS) is 11.2. The molecule has 7 nitrogen and oxygen atoms in total. The predicted molar refractivity (Wildman–Crippen MR) is 127 cm³/mol. The molecule has 4 heterocycles. The molecule has 0 saturated heterocycles. The molecule has 0 spiro atoms. The molecule has 0 aliphatic heterocycles. The number of nitrogens with one attached hydrogen (secondary N) is 1. The summed E-state index contributed by atoms with van der Waals surface area (Å²) in [7, 11) is 0. The summed E-state index contributed by atoms with van der Waals surface area (Å²) < 4.78 is 3.54. The van der Waals surface area contributed by atoms with Gasteiger partial charge in [-0.3, -0.25) is 9.48 Å². The van der Waals surface area contributed by atoms with Gasteiger partial charge in [0.1, 0.15) is 5.56 Å². The summed E-state index contributed by atoms with van der Waals surface area (Å²) >= 11 is 7.91. The Morgan fingerprint density at radius 2 is 2.00 bits per heavy atom. The number of halogens is 1. The Balaban J connectivity index is 1.45. The number of nitrogens with zero attached hydrogens (tertiary/aromatic N) is 5. The number of thiophene rings is 1. The van der Waals surface area contributed by atoms with Crippen LogP contribution in [0.2, 0.25) is 5.02 Å². The maximum Gasteiger partial charge on any atom is 0.261 e. The molecule has 5 rings (SSSR count). The Bertz CT molecular complexity index is 1440. The highest BCUT2D eigenvalue weighted by Gasteiger charge is 2.20. The zero-order valence-corrected chi connectivity index (χ0v) is 19.0. The number of carbonyl (C=O) groups excluding carboxylic acids is 1. The van der Waals surface area contributed by atoms with Gasteiger partial charge >= 0.3 is 0 Å². The van der Waals surface area contributed by atoms with E-state index in [1.807, 2.05) is 66.4 Å². The van der Waals surface area contributed by atoms with Crippen LogP contribution in [-0.2, 0) is 6.54 Å². The first-order valence-electron chi connectivity index (χ1n) is 9.98. The van der Waals surface area contributed by atoms with Crippen LogP contribution >= 0.6 is 22.9 Å². The number of carbonyl (C=O) groups is 1. The highest BCUT2D eigenvalue weighted by atomic mass is 35.5. The predicted octanol–water partition coefficient (Wildman–Crippen LogP) is 5.23. The van der Waals surface area contributed by atoms with E-state index >= 15 is 0 Å². The lowest BCUT2D eigenvalue weighted by Gasteiger charge is -2.08. The van der Waals surface area contributed by atoms with Crippen molar-refractivity contribution in [3.63, 3.8) is 0 Å². The second kappa shape index (κ2) is 8.22. The maximum atomic E-state index is 13.2. The van der Waals surface area contributed by atoms with Crippen LogP contribution in [-0.4, -0.2) is 30.3 Å². The van der Waals surface area contributed by atoms with Crippen LogP contribution < -0.4 is 5.32 Å². The number of benzene rings is 1. The molecule has 0 aliphatic rings. The summed E-state index contributed by atoms with van der Waals surface area (Å²) in [4.78, 5) is 18.6. The van der Waals surface area contributed by atoms with Crippen molar-refractivity contribution in [2.75, 3.05) is 5.32 Å². The van der Waals surface area contributed by atoms with Gasteiger partial charge in [0.15, 0.2) is 5.65 Å². The molecule has 0 aliphatic carbocycles. The molecule has 32 heavy (non-hydrogen) atoms. The van der Waals surface area contributed by atoms with Crippen molar-refractivity contribution in [2.45, 2.75) is 20.4 Å². The summed E-state index contributed by atoms with van der Waals surface area (Å²) in [6, 6.07) is 13.5. The van der Waals surface area contributed by atoms with Gasteiger partial charge in [-0.1, -0.05) is 35.9 Å². The van der Waals surface area contributed by atoms with E-state index < -0.39 is 0 Å². The zero-order chi connectivity index (χ0) is 22.2. The highest BCUT2D eigenvalue weighted by molar-refractivity contribution is 7.13. The lowest BCUT2D eigenvalue weighted by atomic mass is 10.2. The molecule has 9 heteroatoms. The second-order valence-electron chi connectivity index (χ2n) is 7.35. The number of fused-ring (bicyclic) bond motifs is 1. The van der Waals surface area contributed by atoms with Gasteiger partial charge < -0.3 is 5.32 Å². The van der Waals surface area contributed by atoms with Crippen molar-refractivity contribution >= 4 is 40.2 Å². The molecule has 0 radical (unpaired) electrons. The fraction of sp³-hybridized carbons (Fsp3) is 0.130. The molecule has 1 N–H and O–H groups in total. The van der Waals surface area contributed by atoms with Gasteiger partial charge in [0.25, 0.3) is 5.91 Å². The van der Waals surface area contributed by atoms with Gasteiger partial charge in [-0.05, 0) is 43.0 Å². The fourth-order valence-corrected chi connectivity index (χ4v) is 4.59. The van der Waals surface area contributed by atoms with Crippen molar-refractivity contribution in [1.82, 2.24) is 24.4 Å². The summed E-state index contributed by atoms with van der Waals surface area (Å²) in [5, 5.41) is 14.7. The number of aromatic nitrogens is 5. The first kappa shape index (κ1) is 20.4. The Morgan fingerprint density at radius 1 is 1.16 bits per heavy atom. The van der Waals surface area contributed by atoms with E-state index in [-0.39, 0.29) is 5.91 Å². The first-order chi connectivity index (χ1) is 15.5. The van der Waals surface area contributed by atoms with Crippen molar-refractivity contribution in [3.05, 3.63) is 87.8 Å². The smallest absolute Gasteiger partial charge is 0.261 e. The minimum absolute atomic E-state index is 0.278. The molecule has 0 atom stereocenters. The summed E-state index contributed by atoms with van der Waals surface area (Å²) in [5.41, 5.74) is 5.02. The van der Waals surface area contributed by atoms with Crippen LogP contribution in [0.3, 0.4) is 0 Å². The average molecular weight is 463 g/mol. The van der Waals surface area contributed by atoms with Crippen LogP contribution in [0.5, 0.6) is 0 Å². The van der Waals surface area contributed by atoms with Crippen molar-refractivity contribution < 1.29 is 4.79 Å². The lowest BCUT2D eigenvalue weighted by molar-refractivity contribution is 0.102. The minimum atomic E-state index is -0.278. The molecule has 0 unspecified atom stereocenters. The molecular weight excluding hydrogens is 444 g/mol. The maximum absolute atomic E-state index is 13.2. The van der Waals surface area contributed by atoms with Gasteiger partial charge in [-0.15, -0.1) is 11.3 Å². The number of hydrogen-bond acceptors (Lipinski definition) is 5. The Hall–Kier alpha value is -3.49. The number of aryl methyl sites for hydroxylation is 1. The van der Waals surface area contributed by atoms with Crippen LogP contribution in [0.1, 0.15) is 27.3 Å². The van der Waals surface area contributed by atoms with Gasteiger partial charge in [0, 0.05) is 11.2 Å². The van der Waals surface area contributed by atoms with Crippen LogP contribution in [0.15, 0.2) is 60.2 Å². The highest BCUT2D eigenvalue weighted by Crippen LogP contribution is 2.27. The fourth-order valence-electron chi connectivity index (χ4n) is 3.66. The molecule has 1 amide bonds. The third-order valence-corrected chi connectivity index (χ3v) is 6.58. The van der Waals surface area contributed by atoms with Gasteiger partial charge in [0.2, 0.25) is 0 Å². The summed E-state index contributed by atoms with van der Waals surface area (Å²) in [6.07, 6.45) is 3.24. The number of anilines is 1. The van der Waals surface area contributed by atoms with E-state index in [0.717, 1.165) is 27.5 Å². The summed E-state index contributed by atoms with van der Waals surface area (Å²) in [6.45, 7) is 4.31. The monoisotopic (exact) mass is 462 g/mol. The SMILES string of the molecule is Cc1nn(Cc2ccccc2Cl)c(C)c1NC(=O)c1cnn2c(-c3cccs3)ccnc12. The molecule has 0 bridgehead atoms. The average Bonchev–Trinajstić information content (AvgIpc) is 3.52. The molecular formula is C23H19ClN6OS. The summed E-state index contributed by atoms with van der Waals surface area (Å²) in [5.74, 6) is -0.278.